The fourth-order valence-electron chi connectivity index (χ4n) is 1.55. The molecule has 0 aromatic heterocycles. The molecular formula is C12H18N2O5. The number of aliphatic imine (C=N–C) groups is 1. The van der Waals surface area contributed by atoms with E-state index >= 15 is 0 Å². The molecule has 106 valence electrons. The zero-order chi connectivity index (χ0) is 14.4. The first-order chi connectivity index (χ1) is 9.01. The lowest BCUT2D eigenvalue weighted by molar-refractivity contribution is -0.114. The fourth-order valence-corrected chi connectivity index (χ4v) is 1.55. The third-order valence-electron chi connectivity index (χ3n) is 2.63. The van der Waals surface area contributed by atoms with Crippen LogP contribution in [0.5, 0.6) is 0 Å². The molecule has 1 rings (SSSR count). The van der Waals surface area contributed by atoms with Gasteiger partial charge < -0.3 is 25.8 Å². The smallest absolute Gasteiger partial charge is 0.250 e. The molecule has 2 unspecified atom stereocenters. The number of aliphatic hydroxyl groups is 3. The summed E-state index contributed by atoms with van der Waals surface area (Å²) in [5.74, 6) is -0.673. The number of nitrogens with two attached hydrogens (primary N) is 1. The van der Waals surface area contributed by atoms with E-state index < -0.39 is 37.1 Å². The van der Waals surface area contributed by atoms with E-state index in [1.807, 2.05) is 0 Å². The number of rotatable bonds is 5. The van der Waals surface area contributed by atoms with Crippen molar-refractivity contribution < 1.29 is 24.9 Å². The normalized spacial score (nSPS) is 32.5. The maximum Gasteiger partial charge on any atom is 0.250 e. The first-order valence-corrected chi connectivity index (χ1v) is 5.79. The molecule has 7 heteroatoms. The van der Waals surface area contributed by atoms with Crippen molar-refractivity contribution >= 4 is 12.1 Å². The van der Waals surface area contributed by atoms with Gasteiger partial charge in [0.05, 0.1) is 12.2 Å². The first-order valence-electron chi connectivity index (χ1n) is 5.79. The van der Waals surface area contributed by atoms with Crippen LogP contribution in [0.15, 0.2) is 28.8 Å². The zero-order valence-corrected chi connectivity index (χ0v) is 10.5. The second-order valence-corrected chi connectivity index (χ2v) is 4.02. The van der Waals surface area contributed by atoms with Crippen molar-refractivity contribution in [3.63, 3.8) is 0 Å². The van der Waals surface area contributed by atoms with Gasteiger partial charge in [0, 0.05) is 6.21 Å². The van der Waals surface area contributed by atoms with Crippen molar-refractivity contribution in [1.82, 2.24) is 0 Å². The molecule has 7 nitrogen and oxygen atoms in total. The van der Waals surface area contributed by atoms with Crippen LogP contribution in [0.25, 0.3) is 0 Å². The van der Waals surface area contributed by atoms with Crippen LogP contribution in [-0.2, 0) is 9.53 Å². The Morgan fingerprint density at radius 1 is 1.42 bits per heavy atom. The summed E-state index contributed by atoms with van der Waals surface area (Å²) in [6, 6.07) is 0. The van der Waals surface area contributed by atoms with E-state index in [2.05, 4.69) is 4.99 Å². The Labute approximate surface area is 110 Å². The van der Waals surface area contributed by atoms with Crippen molar-refractivity contribution in [1.29, 1.82) is 0 Å². The van der Waals surface area contributed by atoms with E-state index in [0.717, 1.165) is 0 Å². The van der Waals surface area contributed by atoms with Crippen LogP contribution in [0.2, 0.25) is 0 Å². The second kappa shape index (κ2) is 7.15. The van der Waals surface area contributed by atoms with Crippen LogP contribution in [0, 0.1) is 0 Å². The molecule has 0 aromatic rings. The van der Waals surface area contributed by atoms with Crippen LogP contribution >= 0.6 is 0 Å². The predicted molar refractivity (Wildman–Crippen MR) is 68.3 cm³/mol. The summed E-state index contributed by atoms with van der Waals surface area (Å²) in [5.41, 5.74) is 5.29. The van der Waals surface area contributed by atoms with Crippen molar-refractivity contribution in [2.24, 2.45) is 10.7 Å². The summed E-state index contributed by atoms with van der Waals surface area (Å²) < 4.78 is 5.12. The van der Waals surface area contributed by atoms with Crippen LogP contribution in [0.1, 0.15) is 6.92 Å². The molecule has 0 radical (unpaired) electrons. The summed E-state index contributed by atoms with van der Waals surface area (Å²) in [5, 5.41) is 28.1. The van der Waals surface area contributed by atoms with Crippen LogP contribution in [0.3, 0.4) is 0 Å². The van der Waals surface area contributed by atoms with Gasteiger partial charge in [-0.25, -0.2) is 0 Å². The van der Waals surface area contributed by atoms with Crippen molar-refractivity contribution in [2.75, 3.05) is 6.61 Å². The minimum atomic E-state index is -1.26. The average Bonchev–Trinajstić information content (AvgIpc) is 2.66. The minimum absolute atomic E-state index is 0.135. The van der Waals surface area contributed by atoms with Gasteiger partial charge >= 0.3 is 0 Å². The van der Waals surface area contributed by atoms with Gasteiger partial charge in [-0.1, -0.05) is 12.2 Å². The van der Waals surface area contributed by atoms with Crippen LogP contribution in [-0.4, -0.2) is 58.6 Å². The highest BCUT2D eigenvalue weighted by atomic mass is 16.6. The molecule has 0 saturated carbocycles. The van der Waals surface area contributed by atoms with Gasteiger partial charge in [0.1, 0.15) is 18.3 Å². The molecule has 1 saturated heterocycles. The minimum Gasteiger partial charge on any atom is -0.394 e. The Balaban J connectivity index is 2.78. The number of amides is 1. The highest BCUT2D eigenvalue weighted by Crippen LogP contribution is 2.21. The molecule has 1 fully saturated rings. The molecule has 1 amide bonds. The van der Waals surface area contributed by atoms with E-state index in [1.165, 1.54) is 12.3 Å². The molecule has 19 heavy (non-hydrogen) atoms. The number of hydrogen-bond donors (Lipinski definition) is 4. The molecular weight excluding hydrogens is 252 g/mol. The fraction of sp³-hybridized carbons (Fsp3) is 0.500. The van der Waals surface area contributed by atoms with E-state index in [-0.39, 0.29) is 5.57 Å². The molecule has 4 atom stereocenters. The maximum absolute atomic E-state index is 11.1. The zero-order valence-electron chi connectivity index (χ0n) is 10.5. The number of primary amides is 1. The quantitative estimate of drug-likeness (QED) is 0.274. The summed E-state index contributed by atoms with van der Waals surface area (Å²) in [4.78, 5) is 15.0. The number of carbonyl (C=O) groups excluding carboxylic acids is 1. The van der Waals surface area contributed by atoms with Crippen molar-refractivity contribution in [3.05, 3.63) is 23.8 Å². The molecule has 1 aliphatic rings. The van der Waals surface area contributed by atoms with Gasteiger partial charge in [-0.05, 0) is 13.0 Å². The second-order valence-electron chi connectivity index (χ2n) is 4.02. The van der Waals surface area contributed by atoms with Gasteiger partial charge in [0.25, 0.3) is 0 Å². The van der Waals surface area contributed by atoms with E-state index in [9.17, 15) is 15.0 Å². The predicted octanol–water partition coefficient (Wildman–Crippen LogP) is -1.52. The Morgan fingerprint density at radius 3 is 2.58 bits per heavy atom. The molecule has 0 aromatic carbocycles. The van der Waals surface area contributed by atoms with E-state index in [1.54, 1.807) is 19.1 Å². The van der Waals surface area contributed by atoms with Crippen molar-refractivity contribution in [2.45, 2.75) is 31.5 Å². The third-order valence-corrected chi connectivity index (χ3v) is 2.63. The lowest BCUT2D eigenvalue weighted by atomic mass is 10.1. The van der Waals surface area contributed by atoms with Gasteiger partial charge in [-0.15, -0.1) is 0 Å². The van der Waals surface area contributed by atoms with Gasteiger partial charge in [-0.3, -0.25) is 9.79 Å². The number of allylic oxidation sites excluding steroid dienone is 3. The number of nitrogens with zero attached hydrogens (tertiary/aromatic N) is 1. The number of carbonyl (C=O) groups is 1. The highest BCUT2D eigenvalue weighted by Gasteiger charge is 2.41. The third kappa shape index (κ3) is 3.97. The molecule has 0 bridgehead atoms. The van der Waals surface area contributed by atoms with Gasteiger partial charge in [-0.2, -0.15) is 0 Å². The first kappa shape index (κ1) is 15.5. The SMILES string of the molecule is C\C=C/C=C(\C=N\[C@@H]1OC(CO)[C@@H](O)C1O)C(N)=O. The highest BCUT2D eigenvalue weighted by molar-refractivity contribution is 6.11. The number of aliphatic hydroxyl groups excluding tert-OH is 3. The van der Waals surface area contributed by atoms with Crippen LogP contribution < -0.4 is 5.73 Å². The maximum atomic E-state index is 11.1. The lowest BCUT2D eigenvalue weighted by Crippen LogP contribution is -2.33. The topological polar surface area (TPSA) is 125 Å². The monoisotopic (exact) mass is 270 g/mol. The largest absolute Gasteiger partial charge is 0.394 e. The van der Waals surface area contributed by atoms with Crippen LogP contribution in [0.4, 0.5) is 0 Å². The summed E-state index contributed by atoms with van der Waals surface area (Å²) in [6.07, 6.45) is 1.55. The lowest BCUT2D eigenvalue weighted by Gasteiger charge is -2.10. The molecule has 1 heterocycles. The summed E-state index contributed by atoms with van der Waals surface area (Å²) >= 11 is 0. The van der Waals surface area contributed by atoms with E-state index in [0.29, 0.717) is 0 Å². The molecule has 0 aliphatic carbocycles. The van der Waals surface area contributed by atoms with E-state index in [4.69, 9.17) is 15.6 Å². The van der Waals surface area contributed by atoms with Crippen molar-refractivity contribution in [3.8, 4) is 0 Å². The molecule has 5 N–H and O–H groups in total. The van der Waals surface area contributed by atoms with Gasteiger partial charge in [0.15, 0.2) is 6.23 Å². The average molecular weight is 270 g/mol. The summed E-state index contributed by atoms with van der Waals surface area (Å²) in [6.45, 7) is 1.35. The Kier molecular flexibility index (Phi) is 5.84. The number of ether oxygens (including phenoxy) is 1. The number of hydrogen-bond acceptors (Lipinski definition) is 6. The summed E-state index contributed by atoms with van der Waals surface area (Å²) in [7, 11) is 0. The Morgan fingerprint density at radius 2 is 2.11 bits per heavy atom. The Bertz CT molecular complexity index is 405. The molecule has 0 spiro atoms. The van der Waals surface area contributed by atoms with Gasteiger partial charge in [0.2, 0.25) is 5.91 Å². The Hall–Kier alpha value is -1.54. The standard InChI is InChI=1S/C12H18N2O5/c1-2-3-4-7(11(13)18)5-14-12-10(17)9(16)8(6-15)19-12/h2-5,8-10,12,15-17H,6H2,1H3,(H2,13,18)/b3-2-,7-4+,14-5+/t8?,9-,10?,12-/m1/s1. The molecule has 1 aliphatic heterocycles.